The van der Waals surface area contributed by atoms with Crippen molar-refractivity contribution < 1.29 is 9.90 Å². The quantitative estimate of drug-likeness (QED) is 0.339. The standard InChI is InChI=1S/C29H32N2O2/c1-28(2)16-17-29(3,4)25-18-22(12-15-24(25)28)26(30-19-20-8-6-5-7-9-20)31-23-13-10-21(11-14-23)27(32)33/h5-15,18H,16-17,19H2,1-4H3,(H,30,31)(H,32,33). The third kappa shape index (κ3) is 5.00. The second-order valence-corrected chi connectivity index (χ2v) is 10.2. The molecule has 0 radical (unpaired) electrons. The highest BCUT2D eigenvalue weighted by Gasteiger charge is 2.37. The minimum Gasteiger partial charge on any atom is -0.478 e. The predicted molar refractivity (Wildman–Crippen MR) is 135 cm³/mol. The summed E-state index contributed by atoms with van der Waals surface area (Å²) in [6.07, 6.45) is 2.33. The maximum Gasteiger partial charge on any atom is 0.335 e. The predicted octanol–water partition coefficient (Wildman–Crippen LogP) is 6.79. The largest absolute Gasteiger partial charge is 0.478 e. The number of anilines is 1. The van der Waals surface area contributed by atoms with Crippen molar-refractivity contribution in [2.24, 2.45) is 4.99 Å². The fourth-order valence-electron chi connectivity index (χ4n) is 4.53. The second kappa shape index (κ2) is 8.86. The summed E-state index contributed by atoms with van der Waals surface area (Å²) in [4.78, 5) is 16.2. The minimum absolute atomic E-state index is 0.106. The molecule has 0 saturated carbocycles. The fourth-order valence-corrected chi connectivity index (χ4v) is 4.53. The normalized spacial score (nSPS) is 16.7. The summed E-state index contributed by atoms with van der Waals surface area (Å²) >= 11 is 0. The molecule has 3 aromatic rings. The number of fused-ring (bicyclic) bond motifs is 1. The number of rotatable bonds is 5. The molecule has 0 fully saturated rings. The van der Waals surface area contributed by atoms with Gasteiger partial charge in [0.1, 0.15) is 5.84 Å². The first-order valence-electron chi connectivity index (χ1n) is 11.5. The number of aliphatic imine (C=N–C) groups is 1. The third-order valence-electron chi connectivity index (χ3n) is 6.78. The number of amidine groups is 1. The molecule has 0 saturated heterocycles. The van der Waals surface area contributed by atoms with E-state index in [1.807, 2.05) is 18.2 Å². The van der Waals surface area contributed by atoms with Gasteiger partial charge in [-0.15, -0.1) is 0 Å². The first kappa shape index (κ1) is 22.8. The molecule has 0 heterocycles. The molecule has 3 aromatic carbocycles. The monoisotopic (exact) mass is 440 g/mol. The average Bonchev–Trinajstić information content (AvgIpc) is 2.80. The summed E-state index contributed by atoms with van der Waals surface area (Å²) in [6.45, 7) is 9.86. The Hall–Kier alpha value is -3.40. The lowest BCUT2D eigenvalue weighted by Crippen LogP contribution is -2.34. The zero-order valence-corrected chi connectivity index (χ0v) is 19.9. The van der Waals surface area contributed by atoms with Gasteiger partial charge in [0.25, 0.3) is 0 Å². The van der Waals surface area contributed by atoms with Gasteiger partial charge in [-0.05, 0) is 70.7 Å². The van der Waals surface area contributed by atoms with Crippen LogP contribution in [-0.4, -0.2) is 16.9 Å². The van der Waals surface area contributed by atoms with E-state index >= 15 is 0 Å². The number of hydrogen-bond donors (Lipinski definition) is 2. The van der Waals surface area contributed by atoms with Gasteiger partial charge in [0.15, 0.2) is 0 Å². The summed E-state index contributed by atoms with van der Waals surface area (Å²) in [7, 11) is 0. The summed E-state index contributed by atoms with van der Waals surface area (Å²) in [5.74, 6) is -0.150. The van der Waals surface area contributed by atoms with Gasteiger partial charge in [0.2, 0.25) is 0 Å². The molecule has 4 rings (SSSR count). The number of nitrogens with one attached hydrogen (secondary N) is 1. The molecular weight excluding hydrogens is 408 g/mol. The van der Waals surface area contributed by atoms with Gasteiger partial charge < -0.3 is 10.4 Å². The van der Waals surface area contributed by atoms with E-state index in [1.54, 1.807) is 24.3 Å². The van der Waals surface area contributed by atoms with Crippen molar-refractivity contribution in [3.05, 3.63) is 101 Å². The Kier molecular flexibility index (Phi) is 6.11. The van der Waals surface area contributed by atoms with Crippen molar-refractivity contribution >= 4 is 17.5 Å². The van der Waals surface area contributed by atoms with Gasteiger partial charge >= 0.3 is 5.97 Å². The average molecular weight is 441 g/mol. The highest BCUT2D eigenvalue weighted by Crippen LogP contribution is 2.46. The minimum atomic E-state index is -0.931. The van der Waals surface area contributed by atoms with Crippen LogP contribution in [0.2, 0.25) is 0 Å². The number of aromatic carboxylic acids is 1. The number of carboxylic acids is 1. The van der Waals surface area contributed by atoms with Crippen LogP contribution < -0.4 is 5.32 Å². The second-order valence-electron chi connectivity index (χ2n) is 10.2. The molecule has 0 unspecified atom stereocenters. The highest BCUT2D eigenvalue weighted by molar-refractivity contribution is 6.08. The van der Waals surface area contributed by atoms with Crippen LogP contribution >= 0.6 is 0 Å². The number of hydrogen-bond acceptors (Lipinski definition) is 2. The Bertz CT molecular complexity index is 1180. The van der Waals surface area contributed by atoms with E-state index in [0.717, 1.165) is 29.1 Å². The summed E-state index contributed by atoms with van der Waals surface area (Å²) in [5, 5.41) is 12.6. The number of nitrogens with zero attached hydrogens (tertiary/aromatic N) is 1. The lowest BCUT2D eigenvalue weighted by atomic mass is 9.63. The lowest BCUT2D eigenvalue weighted by molar-refractivity contribution is 0.0697. The third-order valence-corrected chi connectivity index (χ3v) is 6.78. The van der Waals surface area contributed by atoms with Crippen molar-refractivity contribution in [3.63, 3.8) is 0 Å². The summed E-state index contributed by atoms with van der Waals surface area (Å²) in [5.41, 5.74) is 6.31. The van der Waals surface area contributed by atoms with E-state index in [9.17, 15) is 9.90 Å². The van der Waals surface area contributed by atoms with Crippen LogP contribution in [0, 0.1) is 0 Å². The maximum absolute atomic E-state index is 11.2. The molecule has 0 aromatic heterocycles. The Labute approximate surface area is 196 Å². The van der Waals surface area contributed by atoms with E-state index in [4.69, 9.17) is 4.99 Å². The SMILES string of the molecule is CC1(C)CCC(C)(C)c2cc(C(=NCc3ccccc3)Nc3ccc(C(=O)O)cc3)ccc21. The van der Waals surface area contributed by atoms with Crippen molar-refractivity contribution in [2.75, 3.05) is 5.32 Å². The Morgan fingerprint density at radius 1 is 0.848 bits per heavy atom. The molecule has 0 amide bonds. The van der Waals surface area contributed by atoms with Crippen LogP contribution in [0.1, 0.15) is 73.1 Å². The maximum atomic E-state index is 11.2. The molecule has 0 atom stereocenters. The first-order valence-corrected chi connectivity index (χ1v) is 11.5. The van der Waals surface area contributed by atoms with Crippen molar-refractivity contribution in [1.82, 2.24) is 0 Å². The Morgan fingerprint density at radius 3 is 2.09 bits per heavy atom. The van der Waals surface area contributed by atoms with Crippen molar-refractivity contribution in [1.29, 1.82) is 0 Å². The zero-order chi connectivity index (χ0) is 23.6. The molecule has 4 heteroatoms. The molecular formula is C29H32N2O2. The molecule has 0 aliphatic heterocycles. The van der Waals surface area contributed by atoms with E-state index in [0.29, 0.717) is 6.54 Å². The molecule has 4 nitrogen and oxygen atoms in total. The van der Waals surface area contributed by atoms with Gasteiger partial charge in [-0.3, -0.25) is 4.99 Å². The number of carboxylic acid groups (broad SMARTS) is 1. The van der Waals surface area contributed by atoms with Crippen molar-refractivity contribution in [2.45, 2.75) is 57.9 Å². The van der Waals surface area contributed by atoms with Gasteiger partial charge in [-0.1, -0.05) is 70.2 Å². The zero-order valence-electron chi connectivity index (χ0n) is 19.9. The number of carbonyl (C=O) groups is 1. The first-order chi connectivity index (χ1) is 15.7. The summed E-state index contributed by atoms with van der Waals surface area (Å²) in [6, 6.07) is 23.7. The summed E-state index contributed by atoms with van der Waals surface area (Å²) < 4.78 is 0. The topological polar surface area (TPSA) is 61.7 Å². The highest BCUT2D eigenvalue weighted by atomic mass is 16.4. The van der Waals surface area contributed by atoms with Gasteiger partial charge in [-0.25, -0.2) is 4.79 Å². The van der Waals surface area contributed by atoms with Crippen LogP contribution in [0.15, 0.2) is 77.8 Å². The van der Waals surface area contributed by atoms with Crippen LogP contribution in [0.25, 0.3) is 0 Å². The molecule has 33 heavy (non-hydrogen) atoms. The fraction of sp³-hybridized carbons (Fsp3) is 0.310. The molecule has 0 spiro atoms. The molecule has 170 valence electrons. The van der Waals surface area contributed by atoms with E-state index in [2.05, 4.69) is 63.3 Å². The molecule has 0 bridgehead atoms. The van der Waals surface area contributed by atoms with Crippen LogP contribution in [-0.2, 0) is 17.4 Å². The van der Waals surface area contributed by atoms with Crippen LogP contribution in [0.5, 0.6) is 0 Å². The van der Waals surface area contributed by atoms with Gasteiger partial charge in [0.05, 0.1) is 12.1 Å². The Morgan fingerprint density at radius 2 is 1.45 bits per heavy atom. The van der Waals surface area contributed by atoms with Gasteiger partial charge in [-0.2, -0.15) is 0 Å². The Balaban J connectivity index is 1.73. The van der Waals surface area contributed by atoms with Crippen LogP contribution in [0.3, 0.4) is 0 Å². The van der Waals surface area contributed by atoms with E-state index in [1.165, 1.54) is 17.5 Å². The van der Waals surface area contributed by atoms with E-state index < -0.39 is 5.97 Å². The van der Waals surface area contributed by atoms with E-state index in [-0.39, 0.29) is 16.4 Å². The molecule has 1 aliphatic rings. The van der Waals surface area contributed by atoms with Crippen molar-refractivity contribution in [3.8, 4) is 0 Å². The molecule has 1 aliphatic carbocycles. The van der Waals surface area contributed by atoms with Crippen LogP contribution in [0.4, 0.5) is 5.69 Å². The van der Waals surface area contributed by atoms with Gasteiger partial charge in [0, 0.05) is 11.3 Å². The molecule has 2 N–H and O–H groups in total. The number of benzene rings is 3. The smallest absolute Gasteiger partial charge is 0.335 e. The lowest BCUT2D eigenvalue weighted by Gasteiger charge is -2.42.